The van der Waals surface area contributed by atoms with Crippen LogP contribution in [0.5, 0.6) is 0 Å². The first kappa shape index (κ1) is 18.3. The predicted molar refractivity (Wildman–Crippen MR) is 109 cm³/mol. The Bertz CT molecular complexity index is 798. The van der Waals surface area contributed by atoms with Crippen molar-refractivity contribution in [2.45, 2.75) is 31.8 Å². The normalized spacial score (nSPS) is 19.0. The smallest absolute Gasteiger partial charge is 0.283 e. The van der Waals surface area contributed by atoms with Crippen LogP contribution in [0.2, 0.25) is 5.02 Å². The number of amides is 1. The molecule has 0 unspecified atom stereocenters. The molecule has 1 saturated heterocycles. The number of halogens is 1. The maximum absolute atomic E-state index is 13.0. The molecule has 2 fully saturated rings. The number of carbonyl (C=O) groups excluding carboxylic acids is 1. The monoisotopic (exact) mass is 384 g/mol. The minimum absolute atomic E-state index is 0.130. The van der Waals surface area contributed by atoms with Gasteiger partial charge in [-0.15, -0.1) is 0 Å². The molecule has 0 bridgehead atoms. The first-order valence-corrected chi connectivity index (χ1v) is 10.2. The van der Waals surface area contributed by atoms with Crippen LogP contribution in [-0.2, 0) is 4.79 Å². The number of piperazine rings is 1. The standard InChI is InChI=1S/C22H26ClN3O/c1-16-7-8-18(23)15-20(16)25-11-13-26(14-12-25)21(17-5-3-2-4-6-17)22(27)24-19-9-10-19/h2-8,15,19,21H,9-14H2,1H3,(H,24,27)/p+1/t21-/m0/s1. The molecule has 1 amide bonds. The maximum Gasteiger partial charge on any atom is 0.283 e. The van der Waals surface area contributed by atoms with Gasteiger partial charge < -0.3 is 15.1 Å². The van der Waals surface area contributed by atoms with Crippen LogP contribution in [-0.4, -0.2) is 38.1 Å². The fourth-order valence-electron chi connectivity index (χ4n) is 3.98. The van der Waals surface area contributed by atoms with E-state index in [9.17, 15) is 4.79 Å². The molecule has 0 aromatic heterocycles. The Morgan fingerprint density at radius 2 is 1.85 bits per heavy atom. The zero-order valence-electron chi connectivity index (χ0n) is 15.7. The molecule has 0 spiro atoms. The van der Waals surface area contributed by atoms with E-state index in [1.807, 2.05) is 24.3 Å². The summed E-state index contributed by atoms with van der Waals surface area (Å²) in [6, 6.07) is 16.5. The summed E-state index contributed by atoms with van der Waals surface area (Å²) < 4.78 is 0. The highest BCUT2D eigenvalue weighted by Gasteiger charge is 2.36. The van der Waals surface area contributed by atoms with Gasteiger partial charge in [-0.05, 0) is 37.5 Å². The highest BCUT2D eigenvalue weighted by atomic mass is 35.5. The van der Waals surface area contributed by atoms with E-state index in [4.69, 9.17) is 11.6 Å². The topological polar surface area (TPSA) is 36.8 Å². The van der Waals surface area contributed by atoms with E-state index >= 15 is 0 Å². The zero-order chi connectivity index (χ0) is 18.8. The lowest BCUT2D eigenvalue weighted by molar-refractivity contribution is -0.922. The van der Waals surface area contributed by atoms with Gasteiger partial charge in [0.15, 0.2) is 6.04 Å². The van der Waals surface area contributed by atoms with Crippen molar-refractivity contribution in [3.63, 3.8) is 0 Å². The van der Waals surface area contributed by atoms with E-state index in [2.05, 4.69) is 41.4 Å². The quantitative estimate of drug-likeness (QED) is 0.830. The van der Waals surface area contributed by atoms with Crippen molar-refractivity contribution in [3.8, 4) is 0 Å². The SMILES string of the molecule is Cc1ccc(Cl)cc1N1CC[NH+]([C@H](C(=O)NC2CC2)c2ccccc2)CC1. The fraction of sp³-hybridized carbons (Fsp3) is 0.409. The summed E-state index contributed by atoms with van der Waals surface area (Å²) in [5, 5.41) is 3.99. The van der Waals surface area contributed by atoms with Crippen LogP contribution in [0.25, 0.3) is 0 Å². The van der Waals surface area contributed by atoms with E-state index in [-0.39, 0.29) is 11.9 Å². The van der Waals surface area contributed by atoms with Gasteiger partial charge in [-0.1, -0.05) is 48.0 Å². The van der Waals surface area contributed by atoms with Gasteiger partial charge in [0.25, 0.3) is 5.91 Å². The highest BCUT2D eigenvalue weighted by molar-refractivity contribution is 6.30. The second-order valence-corrected chi connectivity index (χ2v) is 8.14. The molecular formula is C22H27ClN3O+. The van der Waals surface area contributed by atoms with Crippen LogP contribution >= 0.6 is 11.6 Å². The second kappa shape index (κ2) is 7.91. The van der Waals surface area contributed by atoms with Crippen LogP contribution in [0.4, 0.5) is 5.69 Å². The van der Waals surface area contributed by atoms with Crippen molar-refractivity contribution in [1.29, 1.82) is 0 Å². The number of nitrogens with one attached hydrogen (secondary N) is 2. The molecular weight excluding hydrogens is 358 g/mol. The van der Waals surface area contributed by atoms with Crippen LogP contribution < -0.4 is 15.1 Å². The molecule has 1 heterocycles. The van der Waals surface area contributed by atoms with Crippen molar-refractivity contribution in [2.75, 3.05) is 31.1 Å². The van der Waals surface area contributed by atoms with Crippen molar-refractivity contribution in [3.05, 3.63) is 64.7 Å². The molecule has 1 atom stereocenters. The van der Waals surface area contributed by atoms with Gasteiger partial charge >= 0.3 is 0 Å². The van der Waals surface area contributed by atoms with E-state index in [0.29, 0.717) is 6.04 Å². The van der Waals surface area contributed by atoms with Crippen LogP contribution in [0.15, 0.2) is 48.5 Å². The molecule has 4 nitrogen and oxygen atoms in total. The Labute approximate surface area is 166 Å². The Hall–Kier alpha value is -2.04. The van der Waals surface area contributed by atoms with Crippen molar-refractivity contribution >= 4 is 23.2 Å². The number of carbonyl (C=O) groups is 1. The largest absolute Gasteiger partial charge is 0.360 e. The Kier molecular flexibility index (Phi) is 5.37. The van der Waals surface area contributed by atoms with Crippen molar-refractivity contribution in [1.82, 2.24) is 5.32 Å². The molecule has 2 aromatic rings. The number of benzene rings is 2. The van der Waals surface area contributed by atoms with Crippen molar-refractivity contribution < 1.29 is 9.69 Å². The van der Waals surface area contributed by atoms with Gasteiger partial charge in [-0.3, -0.25) is 4.79 Å². The lowest BCUT2D eigenvalue weighted by Gasteiger charge is -2.37. The van der Waals surface area contributed by atoms with Gasteiger partial charge in [-0.2, -0.15) is 0 Å². The average Bonchev–Trinajstić information content (AvgIpc) is 3.49. The molecule has 142 valence electrons. The third-order valence-electron chi connectivity index (χ3n) is 5.64. The number of hydrogen-bond acceptors (Lipinski definition) is 2. The molecule has 1 saturated carbocycles. The Morgan fingerprint density at radius 1 is 1.15 bits per heavy atom. The molecule has 1 aliphatic carbocycles. The first-order chi connectivity index (χ1) is 13.1. The molecule has 27 heavy (non-hydrogen) atoms. The van der Waals surface area contributed by atoms with Crippen LogP contribution in [0.3, 0.4) is 0 Å². The summed E-state index contributed by atoms with van der Waals surface area (Å²) in [7, 11) is 0. The third kappa shape index (κ3) is 4.28. The lowest BCUT2D eigenvalue weighted by Crippen LogP contribution is -3.16. The van der Waals surface area contributed by atoms with Gasteiger partial charge in [0.1, 0.15) is 0 Å². The second-order valence-electron chi connectivity index (χ2n) is 7.70. The summed E-state index contributed by atoms with van der Waals surface area (Å²) in [5.74, 6) is 0.172. The Balaban J connectivity index is 1.49. The average molecular weight is 385 g/mol. The summed E-state index contributed by atoms with van der Waals surface area (Å²) in [6.45, 7) is 5.85. The number of quaternary nitrogens is 1. The maximum atomic E-state index is 13.0. The van der Waals surface area contributed by atoms with Crippen LogP contribution in [0, 0.1) is 6.92 Å². The molecule has 0 radical (unpaired) electrons. The number of aryl methyl sites for hydroxylation is 1. The number of hydrogen-bond donors (Lipinski definition) is 2. The summed E-state index contributed by atoms with van der Waals surface area (Å²) in [4.78, 5) is 16.7. The lowest BCUT2D eigenvalue weighted by atomic mass is 10.0. The van der Waals surface area contributed by atoms with E-state index in [1.165, 1.54) is 16.2 Å². The minimum Gasteiger partial charge on any atom is -0.360 e. The predicted octanol–water partition coefficient (Wildman–Crippen LogP) is 2.37. The minimum atomic E-state index is -0.130. The van der Waals surface area contributed by atoms with Gasteiger partial charge in [-0.25, -0.2) is 0 Å². The molecule has 1 aliphatic heterocycles. The van der Waals surface area contributed by atoms with E-state index < -0.39 is 0 Å². The molecule has 4 rings (SSSR count). The van der Waals surface area contributed by atoms with E-state index in [0.717, 1.165) is 49.6 Å². The van der Waals surface area contributed by atoms with Gasteiger partial charge in [0.05, 0.1) is 26.2 Å². The number of anilines is 1. The first-order valence-electron chi connectivity index (χ1n) is 9.83. The number of rotatable bonds is 5. The fourth-order valence-corrected chi connectivity index (χ4v) is 4.14. The Morgan fingerprint density at radius 3 is 2.52 bits per heavy atom. The van der Waals surface area contributed by atoms with E-state index in [1.54, 1.807) is 0 Å². The molecule has 2 aromatic carbocycles. The highest BCUT2D eigenvalue weighted by Crippen LogP contribution is 2.25. The summed E-state index contributed by atoms with van der Waals surface area (Å²) >= 11 is 6.21. The zero-order valence-corrected chi connectivity index (χ0v) is 16.5. The molecule has 2 N–H and O–H groups in total. The van der Waals surface area contributed by atoms with Crippen molar-refractivity contribution in [2.24, 2.45) is 0 Å². The summed E-state index contributed by atoms with van der Waals surface area (Å²) in [5.41, 5.74) is 3.56. The van der Waals surface area contributed by atoms with Gasteiger partial charge in [0, 0.05) is 22.3 Å². The molecule has 2 aliphatic rings. The summed E-state index contributed by atoms with van der Waals surface area (Å²) in [6.07, 6.45) is 2.23. The third-order valence-corrected chi connectivity index (χ3v) is 5.88. The van der Waals surface area contributed by atoms with Gasteiger partial charge in [0.2, 0.25) is 0 Å². The number of nitrogens with zero attached hydrogens (tertiary/aromatic N) is 1. The molecule has 5 heteroatoms. The van der Waals surface area contributed by atoms with Crippen LogP contribution in [0.1, 0.15) is 30.0 Å².